The molecule has 3 rings (SSSR count). The molecule has 0 saturated heterocycles. The molecule has 6 nitrogen and oxygen atoms in total. The summed E-state index contributed by atoms with van der Waals surface area (Å²) < 4.78 is 1.87. The molecular weight excluding hydrogens is 338 g/mol. The van der Waals surface area contributed by atoms with Gasteiger partial charge in [0, 0.05) is 19.0 Å². The maximum absolute atomic E-state index is 12.2. The number of phenols is 2. The largest absolute Gasteiger partial charge is 0.504 e. The standard InChI is InChI=1S/C18H17N3O3S/c1-21-17(9-12-5-3-2-4-6-12)19-20-18(21)25-11-16(24)13-7-8-14(22)15(23)10-13/h2-8,10,22-23H,9,11H2,1H3. The molecule has 0 aliphatic carbocycles. The summed E-state index contributed by atoms with van der Waals surface area (Å²) in [5.74, 6) is 0.278. The van der Waals surface area contributed by atoms with Gasteiger partial charge in [-0.25, -0.2) is 0 Å². The molecule has 0 atom stereocenters. The first-order chi connectivity index (χ1) is 12.0. The van der Waals surface area contributed by atoms with Gasteiger partial charge in [0.2, 0.25) is 0 Å². The number of carbonyl (C=O) groups excluding carboxylic acids is 1. The number of Topliss-reactive ketones (excluding diaryl/α,β-unsaturated/α-hetero) is 1. The summed E-state index contributed by atoms with van der Waals surface area (Å²) >= 11 is 1.29. The fourth-order valence-electron chi connectivity index (χ4n) is 2.31. The molecular formula is C18H17N3O3S. The highest BCUT2D eigenvalue weighted by atomic mass is 32.2. The van der Waals surface area contributed by atoms with E-state index in [0.29, 0.717) is 17.1 Å². The van der Waals surface area contributed by atoms with E-state index in [1.54, 1.807) is 0 Å². The van der Waals surface area contributed by atoms with Gasteiger partial charge in [0.1, 0.15) is 5.82 Å². The van der Waals surface area contributed by atoms with Gasteiger partial charge in [-0.1, -0.05) is 42.1 Å². The molecule has 2 N–H and O–H groups in total. The number of rotatable bonds is 6. The van der Waals surface area contributed by atoms with Crippen molar-refractivity contribution < 1.29 is 15.0 Å². The van der Waals surface area contributed by atoms with Crippen LogP contribution in [0.5, 0.6) is 11.5 Å². The second-order valence-corrected chi connectivity index (χ2v) is 6.48. The van der Waals surface area contributed by atoms with E-state index in [4.69, 9.17) is 0 Å². The number of aromatic hydroxyl groups is 2. The topological polar surface area (TPSA) is 88.2 Å². The van der Waals surface area contributed by atoms with Crippen molar-refractivity contribution in [2.75, 3.05) is 5.75 Å². The molecule has 0 aliphatic heterocycles. The van der Waals surface area contributed by atoms with E-state index in [9.17, 15) is 15.0 Å². The molecule has 7 heteroatoms. The first kappa shape index (κ1) is 17.0. The highest BCUT2D eigenvalue weighted by Gasteiger charge is 2.14. The van der Waals surface area contributed by atoms with Crippen molar-refractivity contribution in [2.24, 2.45) is 7.05 Å². The number of hydrogen-bond donors (Lipinski definition) is 2. The Balaban J connectivity index is 1.65. The van der Waals surface area contributed by atoms with E-state index in [2.05, 4.69) is 10.2 Å². The van der Waals surface area contributed by atoms with Crippen LogP contribution in [-0.2, 0) is 13.5 Å². The molecule has 1 heterocycles. The lowest BCUT2D eigenvalue weighted by atomic mass is 10.1. The Morgan fingerprint density at radius 3 is 2.56 bits per heavy atom. The average Bonchev–Trinajstić information content (AvgIpc) is 2.96. The minimum atomic E-state index is -0.306. The highest BCUT2D eigenvalue weighted by Crippen LogP contribution is 2.26. The van der Waals surface area contributed by atoms with Gasteiger partial charge in [0.05, 0.1) is 5.75 Å². The maximum atomic E-state index is 12.2. The Bertz CT molecular complexity index is 894. The lowest BCUT2D eigenvalue weighted by Gasteiger charge is -2.05. The Labute approximate surface area is 149 Å². The van der Waals surface area contributed by atoms with Crippen LogP contribution in [0.3, 0.4) is 0 Å². The number of ketones is 1. The molecule has 0 aliphatic rings. The predicted molar refractivity (Wildman–Crippen MR) is 95.1 cm³/mol. The third kappa shape index (κ3) is 4.00. The number of nitrogens with zero attached hydrogens (tertiary/aromatic N) is 3. The molecule has 0 fully saturated rings. The molecule has 1 aromatic heterocycles. The molecule has 0 bridgehead atoms. The van der Waals surface area contributed by atoms with Crippen LogP contribution in [0, 0.1) is 0 Å². The van der Waals surface area contributed by atoms with Crippen molar-refractivity contribution in [3.63, 3.8) is 0 Å². The molecule has 0 amide bonds. The minimum absolute atomic E-state index is 0.159. The van der Waals surface area contributed by atoms with Gasteiger partial charge < -0.3 is 14.8 Å². The predicted octanol–water partition coefficient (Wildman–Crippen LogP) is 2.79. The zero-order chi connectivity index (χ0) is 17.8. The monoisotopic (exact) mass is 355 g/mol. The molecule has 0 unspecified atom stereocenters. The van der Waals surface area contributed by atoms with E-state index in [0.717, 1.165) is 11.4 Å². The molecule has 25 heavy (non-hydrogen) atoms. The summed E-state index contributed by atoms with van der Waals surface area (Å²) in [5.41, 5.74) is 1.49. The van der Waals surface area contributed by atoms with Crippen molar-refractivity contribution in [3.05, 3.63) is 65.5 Å². The van der Waals surface area contributed by atoms with E-state index in [1.807, 2.05) is 41.9 Å². The Morgan fingerprint density at radius 1 is 1.08 bits per heavy atom. The quantitative estimate of drug-likeness (QED) is 0.402. The van der Waals surface area contributed by atoms with Crippen molar-refractivity contribution >= 4 is 17.5 Å². The first-order valence-electron chi connectivity index (χ1n) is 7.65. The second kappa shape index (κ2) is 7.40. The normalized spacial score (nSPS) is 10.8. The van der Waals surface area contributed by atoms with Crippen molar-refractivity contribution in [1.82, 2.24) is 14.8 Å². The SMILES string of the molecule is Cn1c(Cc2ccccc2)nnc1SCC(=O)c1ccc(O)c(O)c1. The lowest BCUT2D eigenvalue weighted by molar-refractivity contribution is 0.102. The van der Waals surface area contributed by atoms with Crippen LogP contribution in [0.2, 0.25) is 0 Å². The van der Waals surface area contributed by atoms with Gasteiger partial charge in [-0.05, 0) is 23.8 Å². The van der Waals surface area contributed by atoms with Gasteiger partial charge in [0.25, 0.3) is 0 Å². The summed E-state index contributed by atoms with van der Waals surface area (Å²) in [6, 6.07) is 14.0. The van der Waals surface area contributed by atoms with Gasteiger partial charge in [0.15, 0.2) is 22.4 Å². The van der Waals surface area contributed by atoms with Crippen LogP contribution in [0.15, 0.2) is 53.7 Å². The Kier molecular flexibility index (Phi) is 5.04. The average molecular weight is 355 g/mol. The fraction of sp³-hybridized carbons (Fsp3) is 0.167. The highest BCUT2D eigenvalue weighted by molar-refractivity contribution is 7.99. The van der Waals surface area contributed by atoms with E-state index in [-0.39, 0.29) is 23.0 Å². The number of phenolic OH excluding ortho intramolecular Hbond substituents is 2. The fourth-order valence-corrected chi connectivity index (χ4v) is 3.14. The number of aromatic nitrogens is 3. The number of hydrogen-bond acceptors (Lipinski definition) is 6. The molecule has 0 saturated carbocycles. The van der Waals surface area contributed by atoms with Crippen LogP contribution in [0.25, 0.3) is 0 Å². The summed E-state index contributed by atoms with van der Waals surface area (Å²) in [6.45, 7) is 0. The zero-order valence-electron chi connectivity index (χ0n) is 13.6. The molecule has 128 valence electrons. The minimum Gasteiger partial charge on any atom is -0.504 e. The summed E-state index contributed by atoms with van der Waals surface area (Å²) in [7, 11) is 1.87. The van der Waals surface area contributed by atoms with Crippen molar-refractivity contribution in [3.8, 4) is 11.5 Å². The molecule has 0 radical (unpaired) electrons. The maximum Gasteiger partial charge on any atom is 0.191 e. The van der Waals surface area contributed by atoms with Crippen LogP contribution >= 0.6 is 11.8 Å². The summed E-state index contributed by atoms with van der Waals surface area (Å²) in [4.78, 5) is 12.2. The van der Waals surface area contributed by atoms with E-state index in [1.165, 1.54) is 30.0 Å². The molecule has 0 spiro atoms. The Morgan fingerprint density at radius 2 is 1.84 bits per heavy atom. The van der Waals surface area contributed by atoms with E-state index >= 15 is 0 Å². The molecule has 2 aromatic carbocycles. The molecule has 3 aromatic rings. The zero-order valence-corrected chi connectivity index (χ0v) is 14.4. The van der Waals surface area contributed by atoms with Crippen LogP contribution in [-0.4, -0.2) is 36.5 Å². The van der Waals surface area contributed by atoms with Gasteiger partial charge >= 0.3 is 0 Å². The number of carbonyl (C=O) groups is 1. The van der Waals surface area contributed by atoms with Crippen LogP contribution in [0.1, 0.15) is 21.7 Å². The third-order valence-corrected chi connectivity index (χ3v) is 4.78. The second-order valence-electron chi connectivity index (χ2n) is 5.54. The van der Waals surface area contributed by atoms with Crippen molar-refractivity contribution in [2.45, 2.75) is 11.6 Å². The van der Waals surface area contributed by atoms with E-state index < -0.39 is 0 Å². The van der Waals surface area contributed by atoms with Crippen LogP contribution < -0.4 is 0 Å². The first-order valence-corrected chi connectivity index (χ1v) is 8.63. The lowest BCUT2D eigenvalue weighted by Crippen LogP contribution is -2.04. The van der Waals surface area contributed by atoms with Crippen molar-refractivity contribution in [1.29, 1.82) is 0 Å². The third-order valence-electron chi connectivity index (χ3n) is 3.76. The van der Waals surface area contributed by atoms with Crippen LogP contribution in [0.4, 0.5) is 0 Å². The van der Waals surface area contributed by atoms with Gasteiger partial charge in [-0.3, -0.25) is 4.79 Å². The van der Waals surface area contributed by atoms with Gasteiger partial charge in [-0.2, -0.15) is 0 Å². The summed E-state index contributed by atoms with van der Waals surface area (Å²) in [5, 5.41) is 27.8. The summed E-state index contributed by atoms with van der Waals surface area (Å²) in [6.07, 6.45) is 0.671. The number of benzene rings is 2. The smallest absolute Gasteiger partial charge is 0.191 e. The van der Waals surface area contributed by atoms with Gasteiger partial charge in [-0.15, -0.1) is 10.2 Å². The number of thioether (sulfide) groups is 1. The Hall–Kier alpha value is -2.80.